The Kier molecular flexibility index (Phi) is 6.08. The van der Waals surface area contributed by atoms with Crippen molar-refractivity contribution in [1.29, 1.82) is 0 Å². The van der Waals surface area contributed by atoms with E-state index in [0.717, 1.165) is 22.7 Å². The number of allylic oxidation sites excluding steroid dienone is 1. The monoisotopic (exact) mass is 379 g/mol. The normalized spacial score (nSPS) is 10.6. The zero-order valence-corrected chi connectivity index (χ0v) is 16.2. The Hall–Kier alpha value is -2.86. The molecule has 0 N–H and O–H groups in total. The molecule has 138 valence electrons. The number of methoxy groups -OCH3 is 1. The van der Waals surface area contributed by atoms with Crippen LogP contribution in [0, 0.1) is 6.92 Å². The van der Waals surface area contributed by atoms with E-state index in [4.69, 9.17) is 4.74 Å². The minimum absolute atomic E-state index is 0.0687. The smallest absolute Gasteiger partial charge is 0.192 e. The zero-order chi connectivity index (χ0) is 19.2. The molecule has 0 saturated heterocycles. The SMILES string of the molecule is C=CCn1c(SCC(=O)c2ccc(C)cc2)nnc1-c1ccc(OC)cc1. The maximum Gasteiger partial charge on any atom is 0.192 e. The van der Waals surface area contributed by atoms with Gasteiger partial charge in [0.1, 0.15) is 5.75 Å². The van der Waals surface area contributed by atoms with E-state index in [0.29, 0.717) is 23.0 Å². The zero-order valence-electron chi connectivity index (χ0n) is 15.4. The van der Waals surface area contributed by atoms with E-state index in [1.165, 1.54) is 11.8 Å². The molecule has 1 aromatic heterocycles. The molecule has 0 unspecified atom stereocenters. The standard InChI is InChI=1S/C21H21N3O2S/c1-4-13-24-20(17-9-11-18(26-3)12-10-17)22-23-21(24)27-14-19(25)16-7-5-15(2)6-8-16/h4-12H,1,13-14H2,2-3H3. The molecule has 0 saturated carbocycles. The highest BCUT2D eigenvalue weighted by molar-refractivity contribution is 7.99. The van der Waals surface area contributed by atoms with Gasteiger partial charge >= 0.3 is 0 Å². The van der Waals surface area contributed by atoms with E-state index in [2.05, 4.69) is 16.8 Å². The first-order chi connectivity index (χ1) is 13.1. The molecule has 5 nitrogen and oxygen atoms in total. The molecule has 6 heteroatoms. The van der Waals surface area contributed by atoms with Crippen molar-refractivity contribution >= 4 is 17.5 Å². The van der Waals surface area contributed by atoms with Gasteiger partial charge in [-0.05, 0) is 31.2 Å². The van der Waals surface area contributed by atoms with Crippen molar-refractivity contribution in [1.82, 2.24) is 14.8 Å². The first-order valence-electron chi connectivity index (χ1n) is 8.53. The molecule has 27 heavy (non-hydrogen) atoms. The lowest BCUT2D eigenvalue weighted by molar-refractivity contribution is 0.102. The molecule has 0 spiro atoms. The lowest BCUT2D eigenvalue weighted by Gasteiger charge is -2.08. The van der Waals surface area contributed by atoms with Crippen molar-refractivity contribution in [3.8, 4) is 17.1 Å². The largest absolute Gasteiger partial charge is 0.497 e. The number of benzene rings is 2. The summed E-state index contributed by atoms with van der Waals surface area (Å²) in [6, 6.07) is 15.2. The maximum atomic E-state index is 12.4. The topological polar surface area (TPSA) is 57.0 Å². The summed E-state index contributed by atoms with van der Waals surface area (Å²) in [6.45, 7) is 6.38. The molecule has 3 rings (SSSR count). The molecule has 0 amide bonds. The van der Waals surface area contributed by atoms with Gasteiger partial charge in [0.2, 0.25) is 0 Å². The summed E-state index contributed by atoms with van der Waals surface area (Å²) in [5.41, 5.74) is 2.77. The molecular formula is C21H21N3O2S. The number of hydrogen-bond donors (Lipinski definition) is 0. The van der Waals surface area contributed by atoms with Crippen molar-refractivity contribution in [2.75, 3.05) is 12.9 Å². The Bertz CT molecular complexity index is 931. The lowest BCUT2D eigenvalue weighted by Crippen LogP contribution is -2.05. The van der Waals surface area contributed by atoms with Gasteiger partial charge in [0, 0.05) is 17.7 Å². The predicted octanol–water partition coefficient (Wildman–Crippen LogP) is 4.42. The van der Waals surface area contributed by atoms with Crippen molar-refractivity contribution in [3.63, 3.8) is 0 Å². The molecule has 0 atom stereocenters. The molecule has 0 bridgehead atoms. The Morgan fingerprint density at radius 2 is 1.85 bits per heavy atom. The first-order valence-corrected chi connectivity index (χ1v) is 9.52. The number of ketones is 1. The molecule has 0 aliphatic carbocycles. The predicted molar refractivity (Wildman–Crippen MR) is 108 cm³/mol. The van der Waals surface area contributed by atoms with Gasteiger partial charge in [0.15, 0.2) is 16.8 Å². The second-order valence-corrected chi connectivity index (χ2v) is 6.95. The fourth-order valence-corrected chi connectivity index (χ4v) is 3.44. The molecule has 1 heterocycles. The van der Waals surface area contributed by atoms with Crippen LogP contribution in [0.1, 0.15) is 15.9 Å². The van der Waals surface area contributed by atoms with Crippen molar-refractivity contribution < 1.29 is 9.53 Å². The Labute approximate surface area is 163 Å². The fourth-order valence-electron chi connectivity index (χ4n) is 2.60. The Morgan fingerprint density at radius 3 is 2.48 bits per heavy atom. The number of rotatable bonds is 8. The van der Waals surface area contributed by atoms with Gasteiger partial charge in [-0.15, -0.1) is 16.8 Å². The van der Waals surface area contributed by atoms with Gasteiger partial charge in [-0.25, -0.2) is 0 Å². The van der Waals surface area contributed by atoms with Gasteiger partial charge in [-0.2, -0.15) is 0 Å². The Morgan fingerprint density at radius 1 is 1.15 bits per heavy atom. The lowest BCUT2D eigenvalue weighted by atomic mass is 10.1. The summed E-state index contributed by atoms with van der Waals surface area (Å²) >= 11 is 1.38. The van der Waals surface area contributed by atoms with Crippen molar-refractivity contribution in [2.24, 2.45) is 0 Å². The highest BCUT2D eigenvalue weighted by atomic mass is 32.2. The Balaban J connectivity index is 1.79. The van der Waals surface area contributed by atoms with E-state index in [9.17, 15) is 4.79 Å². The number of ether oxygens (including phenoxy) is 1. The number of aromatic nitrogens is 3. The van der Waals surface area contributed by atoms with Crippen LogP contribution in [0.2, 0.25) is 0 Å². The molecule has 3 aromatic rings. The van der Waals surface area contributed by atoms with E-state index in [1.54, 1.807) is 13.2 Å². The number of thioether (sulfide) groups is 1. The van der Waals surface area contributed by atoms with E-state index in [1.807, 2.05) is 60.0 Å². The number of aryl methyl sites for hydroxylation is 1. The number of nitrogens with zero attached hydrogens (tertiary/aromatic N) is 3. The summed E-state index contributed by atoms with van der Waals surface area (Å²) in [5, 5.41) is 9.29. The van der Waals surface area contributed by atoms with Crippen molar-refractivity contribution in [2.45, 2.75) is 18.6 Å². The quantitative estimate of drug-likeness (QED) is 0.329. The van der Waals surface area contributed by atoms with Crippen LogP contribution in [0.25, 0.3) is 11.4 Å². The van der Waals surface area contributed by atoms with Gasteiger partial charge in [-0.3, -0.25) is 9.36 Å². The molecule has 0 fully saturated rings. The third-order valence-electron chi connectivity index (χ3n) is 4.08. The summed E-state index contributed by atoms with van der Waals surface area (Å²) < 4.78 is 7.16. The van der Waals surface area contributed by atoms with Crippen LogP contribution in [0.3, 0.4) is 0 Å². The van der Waals surface area contributed by atoms with Gasteiger partial charge < -0.3 is 4.74 Å². The van der Waals surface area contributed by atoms with E-state index >= 15 is 0 Å². The number of Topliss-reactive ketones (excluding diaryl/α,β-unsaturated/α-hetero) is 1. The van der Waals surface area contributed by atoms with Crippen molar-refractivity contribution in [3.05, 3.63) is 72.3 Å². The summed E-state index contributed by atoms with van der Waals surface area (Å²) in [5.74, 6) is 1.90. The average molecular weight is 379 g/mol. The minimum atomic E-state index is 0.0687. The third kappa shape index (κ3) is 4.46. The fraction of sp³-hybridized carbons (Fsp3) is 0.190. The molecular weight excluding hydrogens is 358 g/mol. The maximum absolute atomic E-state index is 12.4. The van der Waals surface area contributed by atoms with Crippen LogP contribution < -0.4 is 4.74 Å². The minimum Gasteiger partial charge on any atom is -0.497 e. The molecule has 0 aliphatic rings. The number of carbonyl (C=O) groups is 1. The van der Waals surface area contributed by atoms with Gasteiger partial charge in [0.05, 0.1) is 12.9 Å². The molecule has 0 radical (unpaired) electrons. The highest BCUT2D eigenvalue weighted by Gasteiger charge is 2.15. The second kappa shape index (κ2) is 8.68. The van der Waals surface area contributed by atoms with E-state index < -0.39 is 0 Å². The van der Waals surface area contributed by atoms with Crippen LogP contribution in [-0.4, -0.2) is 33.4 Å². The summed E-state index contributed by atoms with van der Waals surface area (Å²) in [4.78, 5) is 12.4. The first kappa shape index (κ1) is 18.9. The van der Waals surface area contributed by atoms with Gasteiger partial charge in [0.25, 0.3) is 0 Å². The van der Waals surface area contributed by atoms with Crippen LogP contribution in [-0.2, 0) is 6.54 Å². The average Bonchev–Trinajstić information content (AvgIpc) is 3.09. The van der Waals surface area contributed by atoms with Crippen LogP contribution in [0.15, 0.2) is 66.3 Å². The third-order valence-corrected chi connectivity index (χ3v) is 5.05. The summed E-state index contributed by atoms with van der Waals surface area (Å²) in [6.07, 6.45) is 1.79. The number of carbonyl (C=O) groups excluding carboxylic acids is 1. The van der Waals surface area contributed by atoms with Crippen LogP contribution >= 0.6 is 11.8 Å². The highest BCUT2D eigenvalue weighted by Crippen LogP contribution is 2.26. The second-order valence-electron chi connectivity index (χ2n) is 6.01. The van der Waals surface area contributed by atoms with Gasteiger partial charge in [-0.1, -0.05) is 47.7 Å². The van der Waals surface area contributed by atoms with E-state index in [-0.39, 0.29) is 5.78 Å². The molecule has 0 aliphatic heterocycles. The van der Waals surface area contributed by atoms with Crippen LogP contribution in [0.5, 0.6) is 5.75 Å². The molecule has 2 aromatic carbocycles. The summed E-state index contributed by atoms with van der Waals surface area (Å²) in [7, 11) is 1.63. The van der Waals surface area contributed by atoms with Crippen LogP contribution in [0.4, 0.5) is 0 Å². The number of hydrogen-bond acceptors (Lipinski definition) is 5.